The molecular weight excluding hydrogens is 276 g/mol. The lowest BCUT2D eigenvalue weighted by Crippen LogP contribution is -2.15. The van der Waals surface area contributed by atoms with E-state index in [1.165, 1.54) is 5.56 Å². The van der Waals surface area contributed by atoms with Gasteiger partial charge in [0.05, 0.1) is 20.3 Å². The quantitative estimate of drug-likeness (QED) is 0.935. The highest BCUT2D eigenvalue weighted by atomic mass is 16.5. The molecule has 0 saturated heterocycles. The van der Waals surface area contributed by atoms with Crippen LogP contribution in [0.4, 0.5) is 0 Å². The molecule has 3 nitrogen and oxygen atoms in total. The second-order valence-corrected chi connectivity index (χ2v) is 5.54. The van der Waals surface area contributed by atoms with Gasteiger partial charge in [-0.1, -0.05) is 42.0 Å². The first-order chi connectivity index (χ1) is 10.7. The predicted octanol–water partition coefficient (Wildman–Crippen LogP) is 3.86. The molecule has 0 fully saturated rings. The van der Waals surface area contributed by atoms with Crippen molar-refractivity contribution in [1.29, 1.82) is 0 Å². The summed E-state index contributed by atoms with van der Waals surface area (Å²) < 4.78 is 10.8. The van der Waals surface area contributed by atoms with Crippen LogP contribution in [0.5, 0.6) is 11.5 Å². The van der Waals surface area contributed by atoms with Crippen LogP contribution in [0.25, 0.3) is 6.08 Å². The fourth-order valence-electron chi connectivity index (χ4n) is 3.08. The van der Waals surface area contributed by atoms with Gasteiger partial charge in [-0.05, 0) is 24.6 Å². The van der Waals surface area contributed by atoms with Crippen LogP contribution in [0.2, 0.25) is 0 Å². The maximum atomic E-state index is 10.9. The molecule has 0 aliphatic heterocycles. The van der Waals surface area contributed by atoms with Crippen molar-refractivity contribution in [1.82, 2.24) is 0 Å². The monoisotopic (exact) mass is 296 g/mol. The third-order valence-corrected chi connectivity index (χ3v) is 4.18. The van der Waals surface area contributed by atoms with Crippen LogP contribution in [0.15, 0.2) is 42.5 Å². The second kappa shape index (κ2) is 5.85. The Hall–Kier alpha value is -2.26. The maximum absolute atomic E-state index is 10.9. The largest absolute Gasteiger partial charge is 0.496 e. The Morgan fingerprint density at radius 2 is 1.73 bits per heavy atom. The fourth-order valence-corrected chi connectivity index (χ4v) is 3.08. The molecule has 2 aromatic rings. The van der Waals surface area contributed by atoms with E-state index in [2.05, 4.69) is 19.1 Å². The Kier molecular flexibility index (Phi) is 3.90. The third-order valence-electron chi connectivity index (χ3n) is 4.18. The highest BCUT2D eigenvalue weighted by molar-refractivity contribution is 5.69. The van der Waals surface area contributed by atoms with Crippen LogP contribution < -0.4 is 9.47 Å². The molecule has 1 aliphatic rings. The summed E-state index contributed by atoms with van der Waals surface area (Å²) in [7, 11) is 3.25. The Morgan fingerprint density at radius 1 is 1.00 bits per heavy atom. The number of hydrogen-bond donors (Lipinski definition) is 1. The van der Waals surface area contributed by atoms with Crippen LogP contribution in [0, 0.1) is 6.92 Å². The lowest BCUT2D eigenvalue weighted by molar-refractivity contribution is 0.155. The van der Waals surface area contributed by atoms with E-state index in [1.807, 2.05) is 36.4 Å². The molecule has 0 radical (unpaired) electrons. The molecule has 0 saturated carbocycles. The van der Waals surface area contributed by atoms with E-state index >= 15 is 0 Å². The molecule has 0 amide bonds. The van der Waals surface area contributed by atoms with Crippen LogP contribution in [0.1, 0.15) is 34.3 Å². The molecule has 3 rings (SSSR count). The summed E-state index contributed by atoms with van der Waals surface area (Å²) in [5, 5.41) is 10.9. The number of aryl methyl sites for hydroxylation is 1. The van der Waals surface area contributed by atoms with Gasteiger partial charge in [-0.15, -0.1) is 0 Å². The minimum atomic E-state index is -0.660. The molecule has 2 aromatic carbocycles. The number of hydrogen-bond acceptors (Lipinski definition) is 3. The molecule has 0 bridgehead atoms. The highest BCUT2D eigenvalue weighted by Crippen LogP contribution is 2.45. The summed E-state index contributed by atoms with van der Waals surface area (Å²) in [6.07, 6.45) is 3.38. The van der Waals surface area contributed by atoms with Gasteiger partial charge >= 0.3 is 0 Å². The van der Waals surface area contributed by atoms with Gasteiger partial charge in [-0.25, -0.2) is 0 Å². The zero-order chi connectivity index (χ0) is 15.7. The molecule has 0 spiro atoms. The molecule has 1 aliphatic carbocycles. The van der Waals surface area contributed by atoms with Gasteiger partial charge in [0.2, 0.25) is 0 Å². The molecule has 1 N–H and O–H groups in total. The van der Waals surface area contributed by atoms with E-state index in [-0.39, 0.29) is 5.92 Å². The zero-order valence-corrected chi connectivity index (χ0v) is 13.0. The number of methoxy groups -OCH3 is 2. The summed E-state index contributed by atoms with van der Waals surface area (Å²) in [6, 6.07) is 11.9. The number of rotatable bonds is 3. The maximum Gasteiger partial charge on any atom is 0.126 e. The average Bonchev–Trinajstić information content (AvgIpc) is 2.54. The first-order valence-electron chi connectivity index (χ1n) is 7.33. The number of benzene rings is 2. The molecular formula is C19H20O3. The van der Waals surface area contributed by atoms with E-state index in [1.54, 1.807) is 14.2 Å². The molecule has 3 heteroatoms. The van der Waals surface area contributed by atoms with Crippen molar-refractivity contribution >= 4 is 6.08 Å². The smallest absolute Gasteiger partial charge is 0.126 e. The first-order valence-corrected chi connectivity index (χ1v) is 7.33. The molecule has 22 heavy (non-hydrogen) atoms. The molecule has 0 unspecified atom stereocenters. The molecule has 0 heterocycles. The number of fused-ring (bicyclic) bond motifs is 1. The van der Waals surface area contributed by atoms with Crippen molar-refractivity contribution in [3.8, 4) is 11.5 Å². The number of ether oxygens (including phenoxy) is 2. The van der Waals surface area contributed by atoms with Crippen molar-refractivity contribution in [3.05, 3.63) is 64.7 Å². The molecule has 0 aromatic heterocycles. The number of aliphatic hydroxyl groups is 1. The van der Waals surface area contributed by atoms with E-state index in [0.29, 0.717) is 5.75 Å². The minimum absolute atomic E-state index is 0.0894. The lowest BCUT2D eigenvalue weighted by Gasteiger charge is -2.28. The van der Waals surface area contributed by atoms with Crippen molar-refractivity contribution in [2.75, 3.05) is 14.2 Å². The normalized spacial score (nSPS) is 19.6. The summed E-state index contributed by atoms with van der Waals surface area (Å²) in [5.41, 5.74) is 3.95. The van der Waals surface area contributed by atoms with Crippen molar-refractivity contribution in [2.24, 2.45) is 0 Å². The fraction of sp³-hybridized carbons (Fsp3) is 0.263. The SMILES string of the molecule is COc1ccc(OC)c2c1C=C[C@@H](c1cccc(C)c1)[C@@H]2O. The Labute approximate surface area is 130 Å². The Morgan fingerprint density at radius 3 is 2.41 bits per heavy atom. The van der Waals surface area contributed by atoms with Gasteiger partial charge in [0, 0.05) is 17.0 Å². The summed E-state index contributed by atoms with van der Waals surface area (Å²) in [5.74, 6) is 1.34. The van der Waals surface area contributed by atoms with Gasteiger partial charge in [0.25, 0.3) is 0 Å². The van der Waals surface area contributed by atoms with E-state index in [0.717, 1.165) is 22.4 Å². The summed E-state index contributed by atoms with van der Waals surface area (Å²) in [6.45, 7) is 2.06. The Bertz CT molecular complexity index is 719. The van der Waals surface area contributed by atoms with Gasteiger partial charge < -0.3 is 14.6 Å². The van der Waals surface area contributed by atoms with Crippen LogP contribution in [0.3, 0.4) is 0 Å². The first kappa shape index (κ1) is 14.7. The standard InChI is InChI=1S/C19H20O3/c1-12-5-4-6-13(11-12)14-7-8-15-16(21-2)9-10-17(22-3)18(15)19(14)20/h4-11,14,19-20H,1-3H3/t14-,19-/m0/s1. The van der Waals surface area contributed by atoms with Gasteiger partial charge in [-0.2, -0.15) is 0 Å². The zero-order valence-electron chi connectivity index (χ0n) is 13.0. The minimum Gasteiger partial charge on any atom is -0.496 e. The summed E-state index contributed by atoms with van der Waals surface area (Å²) >= 11 is 0. The highest BCUT2D eigenvalue weighted by Gasteiger charge is 2.30. The van der Waals surface area contributed by atoms with Gasteiger partial charge in [0.15, 0.2) is 0 Å². The van der Waals surface area contributed by atoms with Crippen LogP contribution >= 0.6 is 0 Å². The molecule has 114 valence electrons. The van der Waals surface area contributed by atoms with Crippen LogP contribution in [-0.4, -0.2) is 19.3 Å². The van der Waals surface area contributed by atoms with E-state index < -0.39 is 6.10 Å². The predicted molar refractivity (Wildman–Crippen MR) is 87.5 cm³/mol. The van der Waals surface area contributed by atoms with Gasteiger partial charge in [0.1, 0.15) is 11.5 Å². The topological polar surface area (TPSA) is 38.7 Å². The van der Waals surface area contributed by atoms with Crippen LogP contribution in [-0.2, 0) is 0 Å². The van der Waals surface area contributed by atoms with Gasteiger partial charge in [-0.3, -0.25) is 0 Å². The third kappa shape index (κ3) is 2.38. The molecule has 2 atom stereocenters. The number of aliphatic hydroxyl groups excluding tert-OH is 1. The summed E-state index contributed by atoms with van der Waals surface area (Å²) in [4.78, 5) is 0. The second-order valence-electron chi connectivity index (χ2n) is 5.54. The average molecular weight is 296 g/mol. The van der Waals surface area contributed by atoms with Crippen molar-refractivity contribution in [3.63, 3.8) is 0 Å². The van der Waals surface area contributed by atoms with E-state index in [4.69, 9.17) is 9.47 Å². The van der Waals surface area contributed by atoms with Crippen molar-refractivity contribution in [2.45, 2.75) is 18.9 Å². The Balaban J connectivity index is 2.11. The lowest BCUT2D eigenvalue weighted by atomic mass is 9.81. The van der Waals surface area contributed by atoms with Crippen molar-refractivity contribution < 1.29 is 14.6 Å². The van der Waals surface area contributed by atoms with E-state index in [9.17, 15) is 5.11 Å².